The van der Waals surface area contributed by atoms with Gasteiger partial charge in [-0.3, -0.25) is 9.59 Å². The first-order valence-corrected chi connectivity index (χ1v) is 12.5. The zero-order valence-electron chi connectivity index (χ0n) is 19.7. The van der Waals surface area contributed by atoms with E-state index in [1.807, 2.05) is 46.2 Å². The van der Waals surface area contributed by atoms with E-state index in [4.69, 9.17) is 4.74 Å². The molecule has 5 rings (SSSR count). The fraction of sp³-hybridized carbons (Fsp3) is 0.500. The van der Waals surface area contributed by atoms with Crippen LogP contribution in [0, 0.1) is 5.82 Å². The van der Waals surface area contributed by atoms with Crippen molar-refractivity contribution in [3.63, 3.8) is 0 Å². The van der Waals surface area contributed by atoms with Gasteiger partial charge in [0.1, 0.15) is 12.4 Å². The molecule has 1 aliphatic carbocycles. The van der Waals surface area contributed by atoms with Gasteiger partial charge in [0.15, 0.2) is 0 Å². The molecule has 5 nitrogen and oxygen atoms in total. The molecule has 2 aromatic rings. The van der Waals surface area contributed by atoms with Gasteiger partial charge in [-0.2, -0.15) is 0 Å². The van der Waals surface area contributed by atoms with E-state index in [1.165, 1.54) is 6.07 Å². The van der Waals surface area contributed by atoms with Crippen LogP contribution in [0.2, 0.25) is 0 Å². The van der Waals surface area contributed by atoms with Gasteiger partial charge in [-0.15, -0.1) is 0 Å². The number of halogens is 1. The highest BCUT2D eigenvalue weighted by Gasteiger charge is 2.48. The third-order valence-corrected chi connectivity index (χ3v) is 7.99. The van der Waals surface area contributed by atoms with E-state index < -0.39 is 11.0 Å². The summed E-state index contributed by atoms with van der Waals surface area (Å²) < 4.78 is 21.0. The number of rotatable bonds is 4. The Morgan fingerprint density at radius 1 is 0.912 bits per heavy atom. The smallest absolute Gasteiger partial charge is 0.248 e. The second kappa shape index (κ2) is 9.49. The van der Waals surface area contributed by atoms with E-state index in [0.717, 1.165) is 31.2 Å². The molecule has 0 aromatic heterocycles. The molecular formula is C28H33FN2O3. The summed E-state index contributed by atoms with van der Waals surface area (Å²) >= 11 is 0. The molecule has 6 heteroatoms. The van der Waals surface area contributed by atoms with Crippen LogP contribution in [-0.4, -0.2) is 53.5 Å². The molecule has 0 radical (unpaired) electrons. The van der Waals surface area contributed by atoms with Crippen LogP contribution >= 0.6 is 0 Å². The first kappa shape index (κ1) is 23.0. The zero-order chi connectivity index (χ0) is 23.6. The van der Waals surface area contributed by atoms with Crippen molar-refractivity contribution in [3.05, 3.63) is 71.5 Å². The molecule has 2 aliphatic heterocycles. The second-order valence-corrected chi connectivity index (χ2v) is 10.1. The Bertz CT molecular complexity index is 1040. The number of ether oxygens (including phenoxy) is 1. The average molecular weight is 465 g/mol. The van der Waals surface area contributed by atoms with Crippen molar-refractivity contribution in [2.45, 2.75) is 62.5 Å². The lowest BCUT2D eigenvalue weighted by molar-refractivity contribution is -0.167. The van der Waals surface area contributed by atoms with Crippen molar-refractivity contribution < 1.29 is 18.7 Å². The lowest BCUT2D eigenvalue weighted by atomic mass is 9.77. The van der Waals surface area contributed by atoms with Gasteiger partial charge in [-0.25, -0.2) is 4.39 Å². The normalized spacial score (nSPS) is 24.9. The SMILES string of the molecule is O=C1COC2(CCCN(C(=O)C3(c4ccccc4F)CCCC3)CC2)CN1Cc1ccccc1. The van der Waals surface area contributed by atoms with E-state index in [0.29, 0.717) is 51.0 Å². The highest BCUT2D eigenvalue weighted by atomic mass is 19.1. The van der Waals surface area contributed by atoms with Gasteiger partial charge in [0, 0.05) is 25.2 Å². The molecule has 0 bridgehead atoms. The third-order valence-electron chi connectivity index (χ3n) is 7.99. The Morgan fingerprint density at radius 3 is 2.41 bits per heavy atom. The van der Waals surface area contributed by atoms with Gasteiger partial charge < -0.3 is 14.5 Å². The molecule has 3 aliphatic rings. The summed E-state index contributed by atoms with van der Waals surface area (Å²) in [4.78, 5) is 30.3. The minimum atomic E-state index is -0.758. The van der Waals surface area contributed by atoms with E-state index in [9.17, 15) is 14.0 Å². The van der Waals surface area contributed by atoms with Crippen LogP contribution in [0.15, 0.2) is 54.6 Å². The summed E-state index contributed by atoms with van der Waals surface area (Å²) in [6.45, 7) is 2.42. The number of hydrogen-bond acceptors (Lipinski definition) is 3. The summed E-state index contributed by atoms with van der Waals surface area (Å²) in [5, 5.41) is 0. The summed E-state index contributed by atoms with van der Waals surface area (Å²) in [5.74, 6) is -0.217. The van der Waals surface area contributed by atoms with Gasteiger partial charge in [-0.1, -0.05) is 61.4 Å². The molecule has 1 atom stereocenters. The predicted octanol–water partition coefficient (Wildman–Crippen LogP) is 4.45. The van der Waals surface area contributed by atoms with Gasteiger partial charge in [0.2, 0.25) is 11.8 Å². The van der Waals surface area contributed by atoms with Crippen LogP contribution in [0.3, 0.4) is 0 Å². The van der Waals surface area contributed by atoms with Gasteiger partial charge in [0.05, 0.1) is 17.6 Å². The topological polar surface area (TPSA) is 49.9 Å². The van der Waals surface area contributed by atoms with Gasteiger partial charge in [0.25, 0.3) is 0 Å². The fourth-order valence-corrected chi connectivity index (χ4v) is 6.14. The van der Waals surface area contributed by atoms with Crippen LogP contribution in [0.1, 0.15) is 56.1 Å². The molecule has 180 valence electrons. The highest BCUT2D eigenvalue weighted by molar-refractivity contribution is 5.89. The number of amides is 2. The molecule has 2 heterocycles. The molecule has 0 N–H and O–H groups in total. The molecule has 34 heavy (non-hydrogen) atoms. The molecular weight excluding hydrogens is 431 g/mol. The van der Waals surface area contributed by atoms with Crippen LogP contribution in [0.25, 0.3) is 0 Å². The molecule has 2 amide bonds. The van der Waals surface area contributed by atoms with E-state index in [1.54, 1.807) is 12.1 Å². The molecule has 1 saturated carbocycles. The van der Waals surface area contributed by atoms with Crippen LogP contribution < -0.4 is 0 Å². The lowest BCUT2D eigenvalue weighted by Crippen LogP contribution is -2.54. The Morgan fingerprint density at radius 2 is 1.65 bits per heavy atom. The van der Waals surface area contributed by atoms with Gasteiger partial charge >= 0.3 is 0 Å². The second-order valence-electron chi connectivity index (χ2n) is 10.1. The molecule has 3 fully saturated rings. The van der Waals surface area contributed by atoms with Gasteiger partial charge in [-0.05, 0) is 43.7 Å². The lowest BCUT2D eigenvalue weighted by Gasteiger charge is -2.42. The minimum absolute atomic E-state index is 0.0103. The van der Waals surface area contributed by atoms with Crippen LogP contribution in [-0.2, 0) is 26.3 Å². The first-order chi connectivity index (χ1) is 16.5. The molecule has 1 unspecified atom stereocenters. The molecule has 2 aromatic carbocycles. The summed E-state index contributed by atoms with van der Waals surface area (Å²) in [6, 6.07) is 16.8. The number of nitrogens with zero attached hydrogens (tertiary/aromatic N) is 2. The largest absolute Gasteiger partial charge is 0.363 e. The highest BCUT2D eigenvalue weighted by Crippen LogP contribution is 2.44. The fourth-order valence-electron chi connectivity index (χ4n) is 6.14. The number of carbonyl (C=O) groups is 2. The molecule has 1 spiro atoms. The Labute approximate surface area is 200 Å². The Kier molecular flexibility index (Phi) is 6.43. The maximum Gasteiger partial charge on any atom is 0.248 e. The number of morpholine rings is 1. The average Bonchev–Trinajstić information content (AvgIpc) is 3.26. The van der Waals surface area contributed by atoms with Crippen LogP contribution in [0.5, 0.6) is 0 Å². The van der Waals surface area contributed by atoms with Crippen molar-refractivity contribution >= 4 is 11.8 Å². The van der Waals surface area contributed by atoms with Crippen LogP contribution in [0.4, 0.5) is 4.39 Å². The van der Waals surface area contributed by atoms with Crippen molar-refractivity contribution in [1.29, 1.82) is 0 Å². The third kappa shape index (κ3) is 4.36. The Hall–Kier alpha value is -2.73. The van der Waals surface area contributed by atoms with Crippen molar-refractivity contribution in [3.8, 4) is 0 Å². The number of likely N-dealkylation sites (tertiary alicyclic amines) is 1. The number of benzene rings is 2. The van der Waals surface area contributed by atoms with Crippen molar-refractivity contribution in [2.24, 2.45) is 0 Å². The van der Waals surface area contributed by atoms with E-state index >= 15 is 0 Å². The summed E-state index contributed by atoms with van der Waals surface area (Å²) in [7, 11) is 0. The summed E-state index contributed by atoms with van der Waals surface area (Å²) in [6.07, 6.45) is 5.59. The van der Waals surface area contributed by atoms with Crippen molar-refractivity contribution in [1.82, 2.24) is 9.80 Å². The Balaban J connectivity index is 1.31. The van der Waals surface area contributed by atoms with E-state index in [-0.39, 0.29) is 24.2 Å². The minimum Gasteiger partial charge on any atom is -0.363 e. The van der Waals surface area contributed by atoms with Crippen molar-refractivity contribution in [2.75, 3.05) is 26.2 Å². The summed E-state index contributed by atoms with van der Waals surface area (Å²) in [5.41, 5.74) is 0.459. The number of hydrogen-bond donors (Lipinski definition) is 0. The molecule has 2 saturated heterocycles. The zero-order valence-corrected chi connectivity index (χ0v) is 19.7. The van der Waals surface area contributed by atoms with E-state index in [2.05, 4.69) is 0 Å². The first-order valence-electron chi connectivity index (χ1n) is 12.5. The quantitative estimate of drug-likeness (QED) is 0.672. The maximum absolute atomic E-state index is 14.8. The predicted molar refractivity (Wildman–Crippen MR) is 128 cm³/mol. The standard InChI is InChI=1S/C28H33FN2O3/c29-24-12-5-4-11-23(24)28(14-6-7-15-28)26(33)30-17-8-13-27(16-18-30)21-31(25(32)20-34-27)19-22-9-2-1-3-10-22/h1-5,9-12H,6-8,13-21H2. The maximum atomic E-state index is 14.8. The monoisotopic (exact) mass is 464 g/mol. The number of carbonyl (C=O) groups excluding carboxylic acids is 2.